The predicted molar refractivity (Wildman–Crippen MR) is 116 cm³/mol. The van der Waals surface area contributed by atoms with Crippen LogP contribution in [0.3, 0.4) is 0 Å². The molecule has 0 bridgehead atoms. The Labute approximate surface area is 181 Å². The Hall–Kier alpha value is -3.53. The number of nitrogens with one attached hydrogen (secondary N) is 1. The van der Waals surface area contributed by atoms with Crippen LogP contribution in [0.2, 0.25) is 0 Å². The van der Waals surface area contributed by atoms with Crippen molar-refractivity contribution in [2.75, 3.05) is 18.0 Å². The first-order valence-electron chi connectivity index (χ1n) is 10.7. The minimum atomic E-state index is -0.0339. The minimum Gasteiger partial charge on any atom is -0.459 e. The SMILES string of the molecule is CC(CCc1ccccc1)NC(=O)C1CCN(c2oc(-c3ccco3)nc2C#N)CC1. The fourth-order valence-electron chi connectivity index (χ4n) is 3.91. The van der Waals surface area contributed by atoms with Crippen LogP contribution in [0.25, 0.3) is 11.7 Å². The summed E-state index contributed by atoms with van der Waals surface area (Å²) in [5.74, 6) is 1.30. The number of anilines is 1. The number of nitrogens with zero attached hydrogens (tertiary/aromatic N) is 3. The van der Waals surface area contributed by atoms with Gasteiger partial charge in [-0.05, 0) is 50.3 Å². The molecule has 1 unspecified atom stereocenters. The molecule has 1 aromatic carbocycles. The molecule has 31 heavy (non-hydrogen) atoms. The molecule has 0 aliphatic carbocycles. The van der Waals surface area contributed by atoms with Crippen molar-refractivity contribution in [1.29, 1.82) is 5.26 Å². The van der Waals surface area contributed by atoms with Crippen LogP contribution in [0.15, 0.2) is 57.6 Å². The Balaban J connectivity index is 1.29. The summed E-state index contributed by atoms with van der Waals surface area (Å²) in [5, 5.41) is 12.6. The summed E-state index contributed by atoms with van der Waals surface area (Å²) in [5.41, 5.74) is 1.52. The van der Waals surface area contributed by atoms with Crippen molar-refractivity contribution in [3.63, 3.8) is 0 Å². The third kappa shape index (κ3) is 4.97. The molecule has 160 valence electrons. The quantitative estimate of drug-likeness (QED) is 0.619. The zero-order valence-corrected chi connectivity index (χ0v) is 17.6. The highest BCUT2D eigenvalue weighted by atomic mass is 16.4. The van der Waals surface area contributed by atoms with Crippen LogP contribution < -0.4 is 10.2 Å². The fraction of sp³-hybridized carbons (Fsp3) is 0.375. The lowest BCUT2D eigenvalue weighted by Gasteiger charge is -2.31. The molecule has 1 aliphatic rings. The van der Waals surface area contributed by atoms with E-state index in [1.54, 1.807) is 12.1 Å². The van der Waals surface area contributed by atoms with Gasteiger partial charge in [0.05, 0.1) is 6.26 Å². The molecule has 3 aromatic rings. The second kappa shape index (κ2) is 9.52. The third-order valence-corrected chi connectivity index (χ3v) is 5.70. The molecular weight excluding hydrogens is 392 g/mol. The standard InChI is InChI=1S/C24H26N4O3/c1-17(9-10-18-6-3-2-4-7-18)26-22(29)19-11-13-28(14-12-19)24-20(16-25)27-23(31-24)21-8-5-15-30-21/h2-8,15,17,19H,9-14H2,1H3,(H,26,29). The maximum atomic E-state index is 12.7. The first kappa shape index (κ1) is 20.7. The molecule has 7 nitrogen and oxygen atoms in total. The van der Waals surface area contributed by atoms with Gasteiger partial charge >= 0.3 is 0 Å². The smallest absolute Gasteiger partial charge is 0.266 e. The molecule has 1 fully saturated rings. The number of furan rings is 1. The van der Waals surface area contributed by atoms with Crippen LogP contribution in [0.4, 0.5) is 5.88 Å². The van der Waals surface area contributed by atoms with Gasteiger partial charge in [-0.25, -0.2) is 0 Å². The number of nitriles is 1. The van der Waals surface area contributed by atoms with Crippen LogP contribution in [0, 0.1) is 17.2 Å². The molecule has 1 amide bonds. The van der Waals surface area contributed by atoms with Crippen LogP contribution in [0.1, 0.15) is 37.4 Å². The van der Waals surface area contributed by atoms with Crippen molar-refractivity contribution in [2.45, 2.75) is 38.6 Å². The average molecular weight is 418 g/mol. The number of carbonyl (C=O) groups excluding carboxylic acids is 1. The lowest BCUT2D eigenvalue weighted by Crippen LogP contribution is -2.43. The van der Waals surface area contributed by atoms with E-state index >= 15 is 0 Å². The number of oxazole rings is 1. The molecule has 1 atom stereocenters. The Morgan fingerprint density at radius 2 is 2.03 bits per heavy atom. The molecule has 0 saturated carbocycles. The van der Waals surface area contributed by atoms with Gasteiger partial charge in [-0.15, -0.1) is 0 Å². The van der Waals surface area contributed by atoms with Gasteiger partial charge in [0, 0.05) is 25.0 Å². The van der Waals surface area contributed by atoms with Crippen molar-refractivity contribution in [3.8, 4) is 17.7 Å². The van der Waals surface area contributed by atoms with Crippen molar-refractivity contribution in [2.24, 2.45) is 5.92 Å². The Morgan fingerprint density at radius 3 is 2.71 bits per heavy atom. The van der Waals surface area contributed by atoms with E-state index in [-0.39, 0.29) is 23.6 Å². The highest BCUT2D eigenvalue weighted by Crippen LogP contribution is 2.31. The van der Waals surface area contributed by atoms with Crippen molar-refractivity contribution < 1.29 is 13.6 Å². The second-order valence-corrected chi connectivity index (χ2v) is 7.96. The summed E-state index contributed by atoms with van der Waals surface area (Å²) in [7, 11) is 0. The number of amides is 1. The molecule has 1 N–H and O–H groups in total. The van der Waals surface area contributed by atoms with E-state index in [0.717, 1.165) is 12.8 Å². The van der Waals surface area contributed by atoms with Gasteiger partial charge in [0.1, 0.15) is 6.07 Å². The molecule has 0 spiro atoms. The van der Waals surface area contributed by atoms with Gasteiger partial charge < -0.3 is 19.1 Å². The molecule has 1 aliphatic heterocycles. The summed E-state index contributed by atoms with van der Waals surface area (Å²) in [6.07, 6.45) is 4.81. The number of carbonyl (C=O) groups is 1. The maximum Gasteiger partial charge on any atom is 0.266 e. The number of hydrogen-bond donors (Lipinski definition) is 1. The first-order valence-corrected chi connectivity index (χ1v) is 10.7. The van der Waals surface area contributed by atoms with Gasteiger partial charge in [-0.3, -0.25) is 4.79 Å². The first-order chi connectivity index (χ1) is 15.1. The molecule has 1 saturated heterocycles. The van der Waals surface area contributed by atoms with Crippen LogP contribution in [-0.2, 0) is 11.2 Å². The third-order valence-electron chi connectivity index (χ3n) is 5.70. The normalized spacial score (nSPS) is 15.4. The lowest BCUT2D eigenvalue weighted by molar-refractivity contribution is -0.126. The Morgan fingerprint density at radius 1 is 1.26 bits per heavy atom. The van der Waals surface area contributed by atoms with Gasteiger partial charge in [0.2, 0.25) is 17.5 Å². The minimum absolute atomic E-state index is 0.0339. The summed E-state index contributed by atoms with van der Waals surface area (Å²) in [6.45, 7) is 3.33. The Bertz CT molecular complexity index is 1030. The van der Waals surface area contributed by atoms with E-state index in [0.29, 0.717) is 43.5 Å². The number of aryl methyl sites for hydroxylation is 1. The van der Waals surface area contributed by atoms with Gasteiger partial charge in [0.25, 0.3) is 5.89 Å². The number of piperidine rings is 1. The van der Waals surface area contributed by atoms with Crippen molar-refractivity contribution in [3.05, 3.63) is 60.0 Å². The summed E-state index contributed by atoms with van der Waals surface area (Å²) < 4.78 is 11.1. The van der Waals surface area contributed by atoms with Crippen LogP contribution in [-0.4, -0.2) is 30.0 Å². The van der Waals surface area contributed by atoms with Crippen LogP contribution >= 0.6 is 0 Å². The molecule has 3 heterocycles. The fourth-order valence-corrected chi connectivity index (χ4v) is 3.91. The molecule has 4 rings (SSSR count). The summed E-state index contributed by atoms with van der Waals surface area (Å²) >= 11 is 0. The van der Waals surface area contributed by atoms with Crippen molar-refractivity contribution in [1.82, 2.24) is 10.3 Å². The predicted octanol–water partition coefficient (Wildman–Crippen LogP) is 4.16. The lowest BCUT2D eigenvalue weighted by atomic mass is 9.95. The zero-order chi connectivity index (χ0) is 21.6. The molecule has 0 radical (unpaired) electrons. The van der Waals surface area contributed by atoms with E-state index in [4.69, 9.17) is 8.83 Å². The Kier molecular flexibility index (Phi) is 6.37. The molecular formula is C24H26N4O3. The number of benzene rings is 1. The molecule has 2 aromatic heterocycles. The second-order valence-electron chi connectivity index (χ2n) is 7.96. The average Bonchev–Trinajstić information content (AvgIpc) is 3.48. The maximum absolute atomic E-state index is 12.7. The van der Waals surface area contributed by atoms with Gasteiger partial charge in [0.15, 0.2) is 5.76 Å². The van der Waals surface area contributed by atoms with E-state index in [1.165, 1.54) is 11.8 Å². The summed E-state index contributed by atoms with van der Waals surface area (Å²) in [6, 6.07) is 16.0. The van der Waals surface area contributed by atoms with Gasteiger partial charge in [-0.2, -0.15) is 10.2 Å². The topological polar surface area (TPSA) is 95.3 Å². The highest BCUT2D eigenvalue weighted by Gasteiger charge is 2.29. The van der Waals surface area contributed by atoms with E-state index in [1.807, 2.05) is 23.1 Å². The van der Waals surface area contributed by atoms with Gasteiger partial charge in [-0.1, -0.05) is 30.3 Å². The molecule has 7 heteroatoms. The summed E-state index contributed by atoms with van der Waals surface area (Å²) in [4.78, 5) is 18.9. The number of aromatic nitrogens is 1. The van der Waals surface area contributed by atoms with E-state index in [9.17, 15) is 10.1 Å². The van der Waals surface area contributed by atoms with Crippen molar-refractivity contribution >= 4 is 11.8 Å². The largest absolute Gasteiger partial charge is 0.459 e. The monoisotopic (exact) mass is 418 g/mol. The zero-order valence-electron chi connectivity index (χ0n) is 17.6. The number of hydrogen-bond acceptors (Lipinski definition) is 6. The number of rotatable bonds is 7. The van der Waals surface area contributed by atoms with Crippen LogP contribution in [0.5, 0.6) is 0 Å². The highest BCUT2D eigenvalue weighted by molar-refractivity contribution is 5.79. The van der Waals surface area contributed by atoms with E-state index in [2.05, 4.69) is 35.4 Å². The van der Waals surface area contributed by atoms with E-state index < -0.39 is 0 Å².